The van der Waals surface area contributed by atoms with Gasteiger partial charge < -0.3 is 9.73 Å². The molecular weight excluding hydrogens is 382 g/mol. The van der Waals surface area contributed by atoms with Gasteiger partial charge in [-0.05, 0) is 36.4 Å². The maximum Gasteiger partial charge on any atom is 0.238 e. The van der Waals surface area contributed by atoms with Crippen molar-refractivity contribution >= 4 is 50.2 Å². The molecule has 0 saturated heterocycles. The molecule has 0 aliphatic heterocycles. The quantitative estimate of drug-likeness (QED) is 0.699. The highest BCUT2D eigenvalue weighted by Crippen LogP contribution is 2.32. The fraction of sp³-hybridized carbons (Fsp3) is 0.0625. The number of aromatic nitrogens is 1. The topological polar surface area (TPSA) is 78.9 Å². The largest absolute Gasteiger partial charge is 0.436 e. The third-order valence-corrected chi connectivity index (χ3v) is 3.89. The molecule has 5 nitrogen and oxygen atoms in total. The van der Waals surface area contributed by atoms with Crippen molar-refractivity contribution in [1.82, 2.24) is 4.98 Å². The smallest absolute Gasteiger partial charge is 0.238 e. The van der Waals surface area contributed by atoms with Crippen LogP contribution in [0.1, 0.15) is 6.42 Å². The molecule has 0 aliphatic carbocycles. The first-order valence-corrected chi connectivity index (χ1v) is 7.77. The molecule has 1 amide bonds. The van der Waals surface area contributed by atoms with E-state index in [9.17, 15) is 4.79 Å². The Balaban J connectivity index is 1.98. The van der Waals surface area contributed by atoms with Gasteiger partial charge in [0.05, 0.1) is 16.7 Å². The van der Waals surface area contributed by atoms with E-state index in [1.807, 2.05) is 12.1 Å². The summed E-state index contributed by atoms with van der Waals surface area (Å²) in [7, 11) is 0. The molecule has 3 aromatic rings. The van der Waals surface area contributed by atoms with Gasteiger partial charge in [-0.2, -0.15) is 5.26 Å². The minimum absolute atomic E-state index is 0.199. The lowest BCUT2D eigenvalue weighted by molar-refractivity contribution is -0.115. The number of carbonyl (C=O) groups excluding carboxylic acids is 1. The number of nitriles is 1. The van der Waals surface area contributed by atoms with E-state index in [-0.39, 0.29) is 12.3 Å². The van der Waals surface area contributed by atoms with E-state index in [1.165, 1.54) is 0 Å². The molecule has 1 heterocycles. The van der Waals surface area contributed by atoms with Gasteiger partial charge in [-0.25, -0.2) is 4.98 Å². The highest BCUT2D eigenvalue weighted by Gasteiger charge is 2.13. The first-order chi connectivity index (χ1) is 11.1. The van der Waals surface area contributed by atoms with Crippen molar-refractivity contribution < 1.29 is 9.21 Å². The summed E-state index contributed by atoms with van der Waals surface area (Å²) >= 11 is 9.57. The van der Waals surface area contributed by atoms with Crippen LogP contribution in [-0.4, -0.2) is 10.9 Å². The summed E-state index contributed by atoms with van der Waals surface area (Å²) in [6, 6.07) is 12.3. The zero-order valence-corrected chi connectivity index (χ0v) is 14.0. The molecule has 0 atom stereocenters. The molecule has 0 spiro atoms. The first-order valence-electron chi connectivity index (χ1n) is 6.59. The SMILES string of the molecule is N#CCC(=O)Nc1ccc2oc(-c3cc(Br)ccc3Cl)nc2c1. The molecule has 0 saturated carbocycles. The van der Waals surface area contributed by atoms with Crippen LogP contribution >= 0.6 is 27.5 Å². The number of rotatable bonds is 3. The minimum atomic E-state index is -0.370. The van der Waals surface area contributed by atoms with Crippen LogP contribution in [0.15, 0.2) is 45.3 Å². The van der Waals surface area contributed by atoms with Crippen LogP contribution in [0, 0.1) is 11.3 Å². The van der Waals surface area contributed by atoms with E-state index >= 15 is 0 Å². The summed E-state index contributed by atoms with van der Waals surface area (Å²) in [5.74, 6) is 0.0254. The van der Waals surface area contributed by atoms with Crippen LogP contribution < -0.4 is 5.32 Å². The maximum absolute atomic E-state index is 11.5. The van der Waals surface area contributed by atoms with Gasteiger partial charge in [0.2, 0.25) is 11.8 Å². The summed E-state index contributed by atoms with van der Waals surface area (Å²) in [6.45, 7) is 0. The second-order valence-corrected chi connectivity index (χ2v) is 6.03. The Bertz CT molecular complexity index is 946. The standard InChI is InChI=1S/C16H9BrClN3O2/c17-9-1-3-12(18)11(7-9)16-21-13-8-10(2-4-14(13)23-16)20-15(22)5-6-19/h1-4,7-8H,5H2,(H,20,22). The van der Waals surface area contributed by atoms with Crippen LogP contribution in [0.2, 0.25) is 5.02 Å². The van der Waals surface area contributed by atoms with Crippen molar-refractivity contribution in [2.75, 3.05) is 5.32 Å². The molecule has 3 rings (SSSR count). The van der Waals surface area contributed by atoms with Crippen molar-refractivity contribution in [1.29, 1.82) is 5.26 Å². The van der Waals surface area contributed by atoms with Gasteiger partial charge in [-0.15, -0.1) is 0 Å². The molecule has 0 aliphatic rings. The van der Waals surface area contributed by atoms with Crippen molar-refractivity contribution in [2.24, 2.45) is 0 Å². The van der Waals surface area contributed by atoms with E-state index in [1.54, 1.807) is 30.3 Å². The molecular formula is C16H9BrClN3O2. The first kappa shape index (κ1) is 15.5. The Hall–Kier alpha value is -2.36. The molecule has 0 bridgehead atoms. The van der Waals surface area contributed by atoms with Gasteiger partial charge >= 0.3 is 0 Å². The Morgan fingerprint density at radius 3 is 2.96 bits per heavy atom. The molecule has 0 unspecified atom stereocenters. The average molecular weight is 391 g/mol. The monoisotopic (exact) mass is 389 g/mol. The van der Waals surface area contributed by atoms with E-state index in [4.69, 9.17) is 21.3 Å². The summed E-state index contributed by atoms with van der Waals surface area (Å²) in [4.78, 5) is 15.9. The summed E-state index contributed by atoms with van der Waals surface area (Å²) in [5, 5.41) is 11.7. The van der Waals surface area contributed by atoms with Gasteiger partial charge in [0.1, 0.15) is 11.9 Å². The number of nitrogens with one attached hydrogen (secondary N) is 1. The number of hydrogen-bond donors (Lipinski definition) is 1. The van der Waals surface area contributed by atoms with Crippen LogP contribution in [0.25, 0.3) is 22.6 Å². The van der Waals surface area contributed by atoms with Gasteiger partial charge in [0, 0.05) is 10.2 Å². The van der Waals surface area contributed by atoms with Crippen LogP contribution in [0.5, 0.6) is 0 Å². The Labute approximate surface area is 145 Å². The lowest BCUT2D eigenvalue weighted by atomic mass is 10.2. The summed E-state index contributed by atoms with van der Waals surface area (Å²) < 4.78 is 6.58. The second kappa shape index (κ2) is 6.41. The fourth-order valence-corrected chi connectivity index (χ4v) is 2.62. The van der Waals surface area contributed by atoms with Crippen LogP contribution in [0.4, 0.5) is 5.69 Å². The fourth-order valence-electron chi connectivity index (χ4n) is 2.06. The molecule has 1 aromatic heterocycles. The van der Waals surface area contributed by atoms with E-state index in [0.29, 0.717) is 33.3 Å². The van der Waals surface area contributed by atoms with Crippen molar-refractivity contribution in [2.45, 2.75) is 6.42 Å². The number of halogens is 2. The van der Waals surface area contributed by atoms with Gasteiger partial charge in [0.25, 0.3) is 0 Å². The van der Waals surface area contributed by atoms with E-state index in [2.05, 4.69) is 26.2 Å². The third kappa shape index (κ3) is 3.36. The molecule has 1 N–H and O–H groups in total. The number of anilines is 1. The normalized spacial score (nSPS) is 10.5. The molecule has 114 valence electrons. The highest BCUT2D eigenvalue weighted by molar-refractivity contribution is 9.10. The van der Waals surface area contributed by atoms with E-state index < -0.39 is 0 Å². The average Bonchev–Trinajstić information content (AvgIpc) is 2.93. The molecule has 2 aromatic carbocycles. The molecule has 0 fully saturated rings. The van der Waals surface area contributed by atoms with Crippen molar-refractivity contribution in [3.05, 3.63) is 45.9 Å². The second-order valence-electron chi connectivity index (χ2n) is 4.71. The highest BCUT2D eigenvalue weighted by atomic mass is 79.9. The molecule has 0 radical (unpaired) electrons. The minimum Gasteiger partial charge on any atom is -0.436 e. The zero-order valence-electron chi connectivity index (χ0n) is 11.6. The summed E-state index contributed by atoms with van der Waals surface area (Å²) in [6.07, 6.45) is -0.199. The van der Waals surface area contributed by atoms with Gasteiger partial charge in [-0.1, -0.05) is 27.5 Å². The Morgan fingerprint density at radius 2 is 2.17 bits per heavy atom. The lowest BCUT2D eigenvalue weighted by Crippen LogP contribution is -2.09. The molecule has 23 heavy (non-hydrogen) atoms. The predicted molar refractivity (Wildman–Crippen MR) is 91.0 cm³/mol. The zero-order chi connectivity index (χ0) is 16.4. The third-order valence-electron chi connectivity index (χ3n) is 3.07. The van der Waals surface area contributed by atoms with Crippen LogP contribution in [-0.2, 0) is 4.79 Å². The lowest BCUT2D eigenvalue weighted by Gasteiger charge is -2.00. The number of hydrogen-bond acceptors (Lipinski definition) is 4. The maximum atomic E-state index is 11.5. The number of oxazole rings is 1. The Morgan fingerprint density at radius 1 is 1.35 bits per heavy atom. The molecule has 7 heteroatoms. The van der Waals surface area contributed by atoms with Crippen molar-refractivity contribution in [3.8, 4) is 17.5 Å². The Kier molecular flexibility index (Phi) is 4.33. The summed E-state index contributed by atoms with van der Waals surface area (Å²) in [5.41, 5.74) is 2.39. The number of amides is 1. The number of fused-ring (bicyclic) bond motifs is 1. The van der Waals surface area contributed by atoms with E-state index in [0.717, 1.165) is 4.47 Å². The number of carbonyl (C=O) groups is 1. The van der Waals surface area contributed by atoms with Gasteiger partial charge in [0.15, 0.2) is 5.58 Å². The van der Waals surface area contributed by atoms with Crippen LogP contribution in [0.3, 0.4) is 0 Å². The van der Waals surface area contributed by atoms with Crippen molar-refractivity contribution in [3.63, 3.8) is 0 Å². The van der Waals surface area contributed by atoms with Gasteiger partial charge in [-0.3, -0.25) is 4.79 Å². The number of nitrogens with zero attached hydrogens (tertiary/aromatic N) is 2. The number of benzene rings is 2. The predicted octanol–water partition coefficient (Wildman–Crippen LogP) is 4.76.